The molecule has 1 aliphatic carbocycles. The lowest BCUT2D eigenvalue weighted by Crippen LogP contribution is -2.64. The van der Waals surface area contributed by atoms with Crippen molar-refractivity contribution in [2.45, 2.75) is 123 Å². The number of benzene rings is 4. The molecule has 0 bridgehead atoms. The van der Waals surface area contributed by atoms with Crippen LogP contribution in [0.15, 0.2) is 94.2 Å². The number of aromatic hydroxyl groups is 2. The van der Waals surface area contributed by atoms with E-state index in [1.807, 2.05) is 0 Å². The summed E-state index contributed by atoms with van der Waals surface area (Å²) in [4.78, 5) is 63.4. The van der Waals surface area contributed by atoms with Gasteiger partial charge in [0.25, 0.3) is 0 Å². The van der Waals surface area contributed by atoms with Crippen molar-refractivity contribution in [1.82, 2.24) is 0 Å². The van der Waals surface area contributed by atoms with Crippen molar-refractivity contribution in [2.75, 3.05) is 40.6 Å². The predicted molar refractivity (Wildman–Crippen MR) is 308 cm³/mol. The quantitative estimate of drug-likeness (QED) is 0.00990. The Hall–Kier alpha value is -8.79. The second kappa shape index (κ2) is 30.7. The fourth-order valence-electron chi connectivity index (χ4n) is 10.1. The molecule has 34 heteroatoms. The van der Waals surface area contributed by atoms with Crippen LogP contribution in [0.3, 0.4) is 0 Å². The Balaban J connectivity index is 1.03. The molecule has 0 spiro atoms. The Morgan fingerprint density at radius 3 is 1.81 bits per heavy atom. The molecule has 0 unspecified atom stereocenters. The molecule has 5 aliphatic heterocycles. The highest BCUT2D eigenvalue weighted by molar-refractivity contribution is 5.90. The molecule has 34 nitrogen and oxygen atoms in total. The lowest BCUT2D eigenvalue weighted by atomic mass is 9.98. The van der Waals surface area contributed by atoms with Gasteiger partial charge in [-0.2, -0.15) is 0 Å². The SMILES string of the molecule is COc1cc(C=CC(=O)O[C@H]2[C@H](O[C@H]3[C@H](Oc4cc5c(O[C@@H]6O[C@H](COC(=O)CC(=O)O)[C@@H](O)[C@H](O)[C@H]6O)cc(=O)cc-5oc4-c4ccc(O)c(O)c4)O[C@H](COC(=O)/C=C/c4ccc(O[C@@H]5O[C@H](CO)[C@@H](O)[C@H](O)[C@H]5O)cc4)[C@@H](O)[C@@H]3O)OC[C@@H](O)[C@@H]2O)cc(OC)c1[O-]. The average Bonchev–Trinajstić information content (AvgIpc) is 0.766. The summed E-state index contributed by atoms with van der Waals surface area (Å²) in [5.41, 5.74) is -0.676. The molecule has 0 saturated carbocycles. The number of carboxylic acids is 1. The van der Waals surface area contributed by atoms with Crippen molar-refractivity contribution in [3.8, 4) is 68.6 Å². The number of ether oxygens (including phenoxy) is 13. The molecule has 5 heterocycles. The smallest absolute Gasteiger partial charge is 0.331 e. The third-order valence-corrected chi connectivity index (χ3v) is 15.2. The number of esters is 3. The highest BCUT2D eigenvalue weighted by Gasteiger charge is 2.53. The van der Waals surface area contributed by atoms with Crippen molar-refractivity contribution in [3.63, 3.8) is 0 Å². The van der Waals surface area contributed by atoms with Gasteiger partial charge in [-0.1, -0.05) is 12.1 Å². The number of carboxylic acid groups (broad SMARTS) is 1. The molecular formula is C61H65O34-. The van der Waals surface area contributed by atoms with Gasteiger partial charge < -0.3 is 143 Å². The molecular weight excluding hydrogens is 1280 g/mol. The van der Waals surface area contributed by atoms with Crippen molar-refractivity contribution in [1.29, 1.82) is 0 Å². The first-order valence-corrected chi connectivity index (χ1v) is 28.7. The van der Waals surface area contributed by atoms with Crippen LogP contribution in [0.1, 0.15) is 17.5 Å². The maximum atomic E-state index is 13.5. The van der Waals surface area contributed by atoms with E-state index in [0.29, 0.717) is 5.56 Å². The maximum absolute atomic E-state index is 13.5. The number of rotatable bonds is 23. The monoisotopic (exact) mass is 1340 g/mol. The zero-order valence-corrected chi connectivity index (χ0v) is 49.7. The van der Waals surface area contributed by atoms with E-state index in [-0.39, 0.29) is 39.7 Å². The van der Waals surface area contributed by atoms with Gasteiger partial charge in [0.2, 0.25) is 18.9 Å². The minimum Gasteiger partial charge on any atom is -0.867 e. The van der Waals surface area contributed by atoms with E-state index in [2.05, 4.69) is 0 Å². The number of phenolic OH excluding ortho intramolecular Hbond substituents is 2. The van der Waals surface area contributed by atoms with Crippen molar-refractivity contribution < 1.29 is 162 Å². The van der Waals surface area contributed by atoms with Crippen LogP contribution >= 0.6 is 0 Å². The molecule has 95 heavy (non-hydrogen) atoms. The zero-order valence-electron chi connectivity index (χ0n) is 49.7. The van der Waals surface area contributed by atoms with Crippen LogP contribution < -0.4 is 34.2 Å². The molecule has 9 rings (SSSR count). The van der Waals surface area contributed by atoms with Gasteiger partial charge >= 0.3 is 23.9 Å². The molecule has 0 radical (unpaired) electrons. The molecule has 3 aromatic rings. The number of aliphatic hydroxyl groups is 11. The zero-order chi connectivity index (χ0) is 68.7. The number of methoxy groups -OCH3 is 2. The standard InChI is InChI=1S/C61H66O34/c1-82-35-13-25(14-36(83-2)46(35)73)6-12-43(70)94-56-45(72)32(66)21-86-60(56)95-57-52(79)49(76)40(22-84-42(69)11-5-24-3-8-28(9-4-24)87-58-53(80)50(77)47(74)38(20-62)91-58)93-61(57)90-37-18-29-33(88-55(37)26-7-10-30(64)31(65)15-26)16-27(63)17-34(29)89-59-54(81)51(78)48(75)39(92-59)23-85-44(71)19-41(67)68/h3-18,32,38-40,45,47-54,56-62,64-66,72-81H,19-23H2,1-2H3,(H,67,68)/p-1/b11-5+,12-6?/t32-,38-,39-,40-,45+,47-,48-,49-,50+,51+,52+,53-,54-,56-,57-,58-,59-,60+,61-/m1/s1. The van der Waals surface area contributed by atoms with E-state index >= 15 is 0 Å². The Kier molecular flexibility index (Phi) is 22.8. The Labute approximate surface area is 535 Å². The minimum absolute atomic E-state index is 0.0946. The van der Waals surface area contributed by atoms with Crippen molar-refractivity contribution in [2.24, 2.45) is 0 Å². The molecule has 6 aliphatic rings. The first-order chi connectivity index (χ1) is 45.2. The van der Waals surface area contributed by atoms with Gasteiger partial charge in [0.15, 0.2) is 46.9 Å². The summed E-state index contributed by atoms with van der Waals surface area (Å²) in [6, 6.07) is 14.3. The number of aliphatic hydroxyl groups excluding tert-OH is 11. The minimum atomic E-state index is -2.24. The Morgan fingerprint density at radius 1 is 0.579 bits per heavy atom. The van der Waals surface area contributed by atoms with Crippen molar-refractivity contribution >= 4 is 36.0 Å². The molecule has 4 saturated heterocycles. The highest BCUT2D eigenvalue weighted by Crippen LogP contribution is 2.45. The molecule has 3 aromatic carbocycles. The van der Waals surface area contributed by atoms with Gasteiger partial charge in [-0.3, -0.25) is 14.4 Å². The normalized spacial score (nSPS) is 30.1. The van der Waals surface area contributed by atoms with Gasteiger partial charge in [0.05, 0.1) is 33.0 Å². The van der Waals surface area contributed by atoms with E-state index in [1.54, 1.807) is 0 Å². The molecule has 19 atom stereocenters. The van der Waals surface area contributed by atoms with Gasteiger partial charge in [0, 0.05) is 29.8 Å². The number of carbonyl (C=O) groups excluding carboxylic acids is 3. The maximum Gasteiger partial charge on any atom is 0.331 e. The van der Waals surface area contributed by atoms with Gasteiger partial charge in [-0.15, -0.1) is 0 Å². The van der Waals surface area contributed by atoms with E-state index in [0.717, 1.165) is 42.5 Å². The lowest BCUT2D eigenvalue weighted by Gasteiger charge is -2.45. The number of fused-ring (bicyclic) bond motifs is 1. The lowest BCUT2D eigenvalue weighted by molar-refractivity contribution is -0.345. The third kappa shape index (κ3) is 16.5. The second-order valence-corrected chi connectivity index (χ2v) is 21.7. The number of phenols is 2. The molecule has 14 N–H and O–H groups in total. The number of hydrogen-bond donors (Lipinski definition) is 14. The summed E-state index contributed by atoms with van der Waals surface area (Å²) >= 11 is 0. The van der Waals surface area contributed by atoms with Crippen LogP contribution in [-0.2, 0) is 57.1 Å². The van der Waals surface area contributed by atoms with Crippen LogP contribution in [0, 0.1) is 0 Å². The Bertz CT molecular complexity index is 3560. The van der Waals surface area contributed by atoms with Crippen molar-refractivity contribution in [3.05, 3.63) is 106 Å². The summed E-state index contributed by atoms with van der Waals surface area (Å²) in [7, 11) is 2.45. The third-order valence-electron chi connectivity index (χ3n) is 15.2. The fraction of sp³-hybridized carbons (Fsp3) is 0.426. The molecule has 514 valence electrons. The number of carbonyl (C=O) groups is 4. The van der Waals surface area contributed by atoms with E-state index in [9.17, 15) is 95.5 Å². The Morgan fingerprint density at radius 2 is 1.17 bits per heavy atom. The van der Waals surface area contributed by atoms with Crippen LogP contribution in [0.5, 0.6) is 46.0 Å². The first-order valence-electron chi connectivity index (χ1n) is 28.7. The summed E-state index contributed by atoms with van der Waals surface area (Å²) in [5.74, 6) is -9.13. The second-order valence-electron chi connectivity index (χ2n) is 21.7. The molecule has 0 aromatic heterocycles. The molecule has 4 fully saturated rings. The highest BCUT2D eigenvalue weighted by atomic mass is 16.8. The number of hydrogen-bond acceptors (Lipinski definition) is 33. The van der Waals surface area contributed by atoms with Gasteiger partial charge in [-0.05, 0) is 77.6 Å². The predicted octanol–water partition coefficient (Wildman–Crippen LogP) is -3.53. The van der Waals surface area contributed by atoms with E-state index in [1.165, 1.54) is 68.8 Å². The average molecular weight is 1340 g/mol. The fourth-order valence-corrected chi connectivity index (χ4v) is 10.1. The van der Waals surface area contributed by atoms with Crippen LogP contribution in [0.2, 0.25) is 0 Å². The van der Waals surface area contributed by atoms with Crippen LogP contribution in [0.4, 0.5) is 0 Å². The molecule has 0 amide bonds. The largest absolute Gasteiger partial charge is 0.867 e. The van der Waals surface area contributed by atoms with Gasteiger partial charge in [-0.25, -0.2) is 9.59 Å². The number of aliphatic carboxylic acids is 1. The first kappa shape index (κ1) is 70.5. The van der Waals surface area contributed by atoms with Crippen LogP contribution in [0.25, 0.3) is 34.8 Å². The summed E-state index contributed by atoms with van der Waals surface area (Å²) in [6.07, 6.45) is -32.7. The van der Waals surface area contributed by atoms with E-state index < -0.39 is 213 Å². The summed E-state index contributed by atoms with van der Waals surface area (Å²) in [5, 5.41) is 161. The topological polar surface area (TPSA) is 525 Å². The summed E-state index contributed by atoms with van der Waals surface area (Å²) < 4.78 is 79.5. The van der Waals surface area contributed by atoms with E-state index in [4.69, 9.17) is 71.1 Å². The van der Waals surface area contributed by atoms with Crippen LogP contribution in [-0.4, -0.2) is 253 Å². The summed E-state index contributed by atoms with van der Waals surface area (Å²) in [6.45, 7) is -3.17. The van der Waals surface area contributed by atoms with Gasteiger partial charge in [0.1, 0.15) is 128 Å².